The van der Waals surface area contributed by atoms with Crippen molar-refractivity contribution in [3.8, 4) is 11.1 Å². The van der Waals surface area contributed by atoms with Crippen LogP contribution in [0.5, 0.6) is 0 Å². The molecule has 0 N–H and O–H groups in total. The van der Waals surface area contributed by atoms with Gasteiger partial charge in [0.2, 0.25) is 5.24 Å². The van der Waals surface area contributed by atoms with Gasteiger partial charge in [-0.05, 0) is 40.3 Å². The van der Waals surface area contributed by atoms with Crippen LogP contribution >= 0.6 is 11.6 Å². The molecule has 2 aromatic carbocycles. The fraction of sp³-hybridized carbons (Fsp3) is 0.235. The van der Waals surface area contributed by atoms with Crippen LogP contribution in [0.2, 0.25) is 0 Å². The second-order valence-electron chi connectivity index (χ2n) is 5.02. The third-order valence-electron chi connectivity index (χ3n) is 4.02. The van der Waals surface area contributed by atoms with Crippen LogP contribution in [0.25, 0.3) is 11.1 Å². The summed E-state index contributed by atoms with van der Waals surface area (Å²) in [4.78, 5) is 12.2. The molecular formula is C17H15ClO. The number of hydrogen-bond donors (Lipinski definition) is 0. The monoisotopic (exact) mass is 270 g/mol. The largest absolute Gasteiger partial charge is 0.280 e. The van der Waals surface area contributed by atoms with Gasteiger partial charge in [0.15, 0.2) is 0 Å². The second kappa shape index (κ2) is 4.50. The van der Waals surface area contributed by atoms with E-state index in [9.17, 15) is 4.79 Å². The quantitative estimate of drug-likeness (QED) is 0.750. The molecule has 0 atom stereocenters. The lowest BCUT2D eigenvalue weighted by Gasteiger charge is -2.27. The van der Waals surface area contributed by atoms with Gasteiger partial charge in [0.1, 0.15) is 0 Å². The maximum absolute atomic E-state index is 12.2. The van der Waals surface area contributed by atoms with Crippen molar-refractivity contribution in [2.45, 2.75) is 25.2 Å². The zero-order valence-electron chi connectivity index (χ0n) is 10.8. The number of fused-ring (bicyclic) bond motifs is 3. The third-order valence-corrected chi connectivity index (χ3v) is 4.35. The van der Waals surface area contributed by atoms with Crippen LogP contribution in [-0.4, -0.2) is 5.24 Å². The maximum atomic E-state index is 12.2. The van der Waals surface area contributed by atoms with E-state index < -0.39 is 5.41 Å². The minimum Gasteiger partial charge on any atom is -0.280 e. The molecule has 1 nitrogen and oxygen atoms in total. The lowest BCUT2D eigenvalue weighted by Crippen LogP contribution is -2.31. The van der Waals surface area contributed by atoms with Crippen molar-refractivity contribution in [3.63, 3.8) is 0 Å². The van der Waals surface area contributed by atoms with E-state index in [-0.39, 0.29) is 5.24 Å². The number of carbonyl (C=O) groups is 1. The Morgan fingerprint density at radius 1 is 1.00 bits per heavy atom. The molecule has 2 heteroatoms. The van der Waals surface area contributed by atoms with Crippen molar-refractivity contribution in [2.24, 2.45) is 0 Å². The number of hydrogen-bond acceptors (Lipinski definition) is 1. The van der Waals surface area contributed by atoms with Crippen LogP contribution in [0, 0.1) is 0 Å². The molecule has 0 aromatic heterocycles. The van der Waals surface area contributed by atoms with Crippen LogP contribution in [0.4, 0.5) is 0 Å². The van der Waals surface area contributed by atoms with E-state index in [4.69, 9.17) is 11.6 Å². The molecule has 96 valence electrons. The van der Waals surface area contributed by atoms with Crippen LogP contribution in [0.3, 0.4) is 0 Å². The Morgan fingerprint density at radius 3 is 1.89 bits per heavy atom. The van der Waals surface area contributed by atoms with Gasteiger partial charge < -0.3 is 0 Å². The molecule has 0 fully saturated rings. The van der Waals surface area contributed by atoms with Crippen LogP contribution in [-0.2, 0) is 10.2 Å². The SMILES string of the molecule is CCCC1(C(=O)Cl)c2ccccc2-c2ccccc21. The summed E-state index contributed by atoms with van der Waals surface area (Å²) in [6, 6.07) is 16.2. The van der Waals surface area contributed by atoms with E-state index in [0.29, 0.717) is 0 Å². The van der Waals surface area contributed by atoms with Gasteiger partial charge in [-0.1, -0.05) is 61.9 Å². The number of rotatable bonds is 3. The molecule has 0 heterocycles. The summed E-state index contributed by atoms with van der Waals surface area (Å²) in [5, 5.41) is -0.272. The predicted molar refractivity (Wildman–Crippen MR) is 78.4 cm³/mol. The van der Waals surface area contributed by atoms with Gasteiger partial charge in [0.05, 0.1) is 5.41 Å². The van der Waals surface area contributed by atoms with Crippen LogP contribution in [0.15, 0.2) is 48.5 Å². The Hall–Kier alpha value is -1.60. The fourth-order valence-corrected chi connectivity index (χ4v) is 3.58. The Morgan fingerprint density at radius 2 is 1.47 bits per heavy atom. The zero-order chi connectivity index (χ0) is 13.5. The summed E-state index contributed by atoms with van der Waals surface area (Å²) in [6.45, 7) is 2.09. The molecule has 0 aliphatic heterocycles. The van der Waals surface area contributed by atoms with Crippen molar-refractivity contribution in [3.05, 3.63) is 59.7 Å². The van der Waals surface area contributed by atoms with E-state index in [1.165, 1.54) is 0 Å². The number of halogens is 1. The molecule has 1 aliphatic rings. The minimum absolute atomic E-state index is 0.272. The first-order valence-corrected chi connectivity index (χ1v) is 6.99. The molecule has 3 rings (SSSR count). The summed E-state index contributed by atoms with van der Waals surface area (Å²) >= 11 is 6.04. The van der Waals surface area contributed by atoms with E-state index in [0.717, 1.165) is 35.1 Å². The average Bonchev–Trinajstić information content (AvgIpc) is 2.72. The van der Waals surface area contributed by atoms with E-state index in [1.807, 2.05) is 36.4 Å². The van der Waals surface area contributed by atoms with E-state index >= 15 is 0 Å². The van der Waals surface area contributed by atoms with Crippen molar-refractivity contribution >= 4 is 16.8 Å². The van der Waals surface area contributed by atoms with Gasteiger partial charge >= 0.3 is 0 Å². The molecule has 0 saturated heterocycles. The lowest BCUT2D eigenvalue weighted by molar-refractivity contribution is -0.115. The van der Waals surface area contributed by atoms with Gasteiger partial charge in [0.25, 0.3) is 0 Å². The molecule has 2 aromatic rings. The Kier molecular flexibility index (Phi) is 2.94. The fourth-order valence-electron chi connectivity index (χ4n) is 3.28. The predicted octanol–water partition coefficient (Wildman–Crippen LogP) is 4.52. The lowest BCUT2D eigenvalue weighted by atomic mass is 9.76. The van der Waals surface area contributed by atoms with Gasteiger partial charge in [-0.15, -0.1) is 0 Å². The molecule has 0 bridgehead atoms. The molecule has 0 radical (unpaired) electrons. The first-order chi connectivity index (χ1) is 9.21. The summed E-state index contributed by atoms with van der Waals surface area (Å²) in [5.41, 5.74) is 3.72. The van der Waals surface area contributed by atoms with Crippen molar-refractivity contribution in [1.82, 2.24) is 0 Å². The summed E-state index contributed by atoms with van der Waals surface area (Å²) in [5.74, 6) is 0. The van der Waals surface area contributed by atoms with Gasteiger partial charge in [-0.25, -0.2) is 0 Å². The molecule has 0 unspecified atom stereocenters. The van der Waals surface area contributed by atoms with E-state index in [2.05, 4.69) is 19.1 Å². The molecule has 1 aliphatic carbocycles. The topological polar surface area (TPSA) is 17.1 Å². The first-order valence-electron chi connectivity index (χ1n) is 6.61. The molecule has 19 heavy (non-hydrogen) atoms. The normalized spacial score (nSPS) is 14.8. The maximum Gasteiger partial charge on any atom is 0.236 e. The Balaban J connectivity index is 2.38. The Labute approximate surface area is 118 Å². The zero-order valence-corrected chi connectivity index (χ0v) is 11.6. The second-order valence-corrected chi connectivity index (χ2v) is 5.36. The average molecular weight is 271 g/mol. The highest BCUT2D eigenvalue weighted by Crippen LogP contribution is 2.52. The summed E-state index contributed by atoms with van der Waals surface area (Å²) in [6.07, 6.45) is 1.67. The molecule has 0 amide bonds. The first kappa shape index (κ1) is 12.4. The number of carbonyl (C=O) groups excluding carboxylic acids is 1. The molecule has 0 spiro atoms. The third kappa shape index (κ3) is 1.58. The smallest absolute Gasteiger partial charge is 0.236 e. The van der Waals surface area contributed by atoms with Crippen molar-refractivity contribution < 1.29 is 4.79 Å². The highest BCUT2D eigenvalue weighted by molar-refractivity contribution is 6.66. The van der Waals surface area contributed by atoms with E-state index in [1.54, 1.807) is 0 Å². The highest BCUT2D eigenvalue weighted by Gasteiger charge is 2.47. The van der Waals surface area contributed by atoms with Gasteiger partial charge in [-0.3, -0.25) is 4.79 Å². The summed E-state index contributed by atoms with van der Waals surface area (Å²) < 4.78 is 0. The van der Waals surface area contributed by atoms with Crippen molar-refractivity contribution in [1.29, 1.82) is 0 Å². The van der Waals surface area contributed by atoms with Crippen molar-refractivity contribution in [2.75, 3.05) is 0 Å². The summed E-state index contributed by atoms with van der Waals surface area (Å²) in [7, 11) is 0. The van der Waals surface area contributed by atoms with Gasteiger partial charge in [-0.2, -0.15) is 0 Å². The van der Waals surface area contributed by atoms with Crippen LogP contribution < -0.4 is 0 Å². The van der Waals surface area contributed by atoms with Crippen LogP contribution in [0.1, 0.15) is 30.9 Å². The van der Waals surface area contributed by atoms with Gasteiger partial charge in [0, 0.05) is 0 Å². The Bertz CT molecular complexity index is 600. The highest BCUT2D eigenvalue weighted by atomic mass is 35.5. The standard InChI is InChI=1S/C17H15ClO/c1-2-11-17(16(18)19)14-9-5-3-7-12(14)13-8-4-6-10-15(13)17/h3-10H,2,11H2,1H3. The minimum atomic E-state index is -0.663. The molecular weight excluding hydrogens is 256 g/mol. The number of benzene rings is 2. The molecule has 0 saturated carbocycles.